The third-order valence-corrected chi connectivity index (χ3v) is 4.10. The predicted octanol–water partition coefficient (Wildman–Crippen LogP) is 2.74. The second-order valence-electron chi connectivity index (χ2n) is 4.88. The first kappa shape index (κ1) is 14.1. The standard InChI is InChI=1S/C14H18O4S/c1-9(2)18-13(15)8-17-14(16)12-7-10-5-3-4-6-11(10)19-12/h7,9H,3-6,8H2,1-2H3. The van der Waals surface area contributed by atoms with Crippen LogP contribution in [0.2, 0.25) is 0 Å². The zero-order chi connectivity index (χ0) is 13.8. The van der Waals surface area contributed by atoms with E-state index < -0.39 is 11.9 Å². The SMILES string of the molecule is CC(C)OC(=O)COC(=O)c1cc2c(s1)CCCC2. The van der Waals surface area contributed by atoms with Gasteiger partial charge in [0.2, 0.25) is 0 Å². The highest BCUT2D eigenvalue weighted by Gasteiger charge is 2.19. The Bertz CT molecular complexity index is 452. The van der Waals surface area contributed by atoms with Gasteiger partial charge in [0.25, 0.3) is 0 Å². The lowest BCUT2D eigenvalue weighted by atomic mass is 9.99. The first-order chi connectivity index (χ1) is 9.06. The third-order valence-electron chi connectivity index (χ3n) is 2.89. The van der Waals surface area contributed by atoms with Gasteiger partial charge in [0.15, 0.2) is 6.61 Å². The summed E-state index contributed by atoms with van der Waals surface area (Å²) in [6.07, 6.45) is 4.25. The van der Waals surface area contributed by atoms with E-state index in [2.05, 4.69) is 0 Å². The van der Waals surface area contributed by atoms with Crippen molar-refractivity contribution in [3.05, 3.63) is 21.4 Å². The van der Waals surface area contributed by atoms with Gasteiger partial charge in [-0.15, -0.1) is 11.3 Å². The summed E-state index contributed by atoms with van der Waals surface area (Å²) in [6.45, 7) is 3.19. The molecular formula is C14H18O4S. The van der Waals surface area contributed by atoms with Crippen LogP contribution in [0.1, 0.15) is 46.8 Å². The van der Waals surface area contributed by atoms with Crippen molar-refractivity contribution < 1.29 is 19.1 Å². The monoisotopic (exact) mass is 282 g/mol. The van der Waals surface area contributed by atoms with E-state index in [0.717, 1.165) is 12.8 Å². The van der Waals surface area contributed by atoms with Crippen molar-refractivity contribution >= 4 is 23.3 Å². The van der Waals surface area contributed by atoms with E-state index >= 15 is 0 Å². The summed E-state index contributed by atoms with van der Waals surface area (Å²) >= 11 is 1.48. The van der Waals surface area contributed by atoms with Crippen molar-refractivity contribution in [1.82, 2.24) is 0 Å². The minimum absolute atomic E-state index is 0.194. The van der Waals surface area contributed by atoms with E-state index in [1.54, 1.807) is 13.8 Å². The molecule has 0 aliphatic heterocycles. The van der Waals surface area contributed by atoms with Crippen LogP contribution in [-0.4, -0.2) is 24.6 Å². The van der Waals surface area contributed by atoms with Crippen LogP contribution in [0, 0.1) is 0 Å². The fourth-order valence-corrected chi connectivity index (χ4v) is 3.23. The fourth-order valence-electron chi connectivity index (χ4n) is 2.08. The third kappa shape index (κ3) is 3.80. The van der Waals surface area contributed by atoms with Gasteiger partial charge in [0.05, 0.1) is 6.10 Å². The van der Waals surface area contributed by atoms with Crippen molar-refractivity contribution in [2.75, 3.05) is 6.61 Å². The topological polar surface area (TPSA) is 52.6 Å². The lowest BCUT2D eigenvalue weighted by Crippen LogP contribution is -2.19. The van der Waals surface area contributed by atoms with Gasteiger partial charge in [-0.2, -0.15) is 0 Å². The molecule has 0 N–H and O–H groups in total. The average Bonchev–Trinajstić information content (AvgIpc) is 2.78. The van der Waals surface area contributed by atoms with E-state index in [9.17, 15) is 9.59 Å². The van der Waals surface area contributed by atoms with Crippen molar-refractivity contribution in [2.24, 2.45) is 0 Å². The van der Waals surface area contributed by atoms with E-state index in [4.69, 9.17) is 9.47 Å². The molecule has 0 radical (unpaired) electrons. The minimum atomic E-state index is -0.510. The molecule has 0 saturated heterocycles. The molecule has 1 aliphatic carbocycles. The van der Waals surface area contributed by atoms with Crippen LogP contribution in [0.15, 0.2) is 6.07 Å². The number of aryl methyl sites for hydroxylation is 2. The second kappa shape index (κ2) is 6.19. The highest BCUT2D eigenvalue weighted by molar-refractivity contribution is 7.14. The molecule has 1 heterocycles. The van der Waals surface area contributed by atoms with Gasteiger partial charge in [-0.05, 0) is 51.2 Å². The zero-order valence-electron chi connectivity index (χ0n) is 11.2. The Labute approximate surface area is 116 Å². The van der Waals surface area contributed by atoms with Crippen LogP contribution in [0.4, 0.5) is 0 Å². The summed E-state index contributed by atoms with van der Waals surface area (Å²) in [7, 11) is 0. The minimum Gasteiger partial charge on any atom is -0.460 e. The number of thiophene rings is 1. The van der Waals surface area contributed by atoms with Gasteiger partial charge in [-0.25, -0.2) is 9.59 Å². The summed E-state index contributed by atoms with van der Waals surface area (Å²) in [5, 5.41) is 0. The van der Waals surface area contributed by atoms with Crippen LogP contribution in [0.3, 0.4) is 0 Å². The Morgan fingerprint density at radius 2 is 2.05 bits per heavy atom. The van der Waals surface area contributed by atoms with Crippen molar-refractivity contribution in [2.45, 2.75) is 45.6 Å². The lowest BCUT2D eigenvalue weighted by Gasteiger charge is -2.08. The zero-order valence-corrected chi connectivity index (χ0v) is 12.0. The second-order valence-corrected chi connectivity index (χ2v) is 6.02. The molecule has 0 saturated carbocycles. The van der Waals surface area contributed by atoms with Gasteiger partial charge in [0, 0.05) is 4.88 Å². The van der Waals surface area contributed by atoms with E-state index in [0.29, 0.717) is 4.88 Å². The van der Waals surface area contributed by atoms with E-state index in [-0.39, 0.29) is 12.7 Å². The maximum Gasteiger partial charge on any atom is 0.348 e. The van der Waals surface area contributed by atoms with E-state index in [1.165, 1.54) is 34.6 Å². The number of esters is 2. The van der Waals surface area contributed by atoms with Gasteiger partial charge >= 0.3 is 11.9 Å². The first-order valence-corrected chi connectivity index (χ1v) is 7.36. The first-order valence-electron chi connectivity index (χ1n) is 6.54. The Morgan fingerprint density at radius 3 is 2.74 bits per heavy atom. The molecule has 0 unspecified atom stereocenters. The van der Waals surface area contributed by atoms with Gasteiger partial charge < -0.3 is 9.47 Å². The van der Waals surface area contributed by atoms with Crippen LogP contribution < -0.4 is 0 Å². The molecule has 104 valence electrons. The molecule has 4 nitrogen and oxygen atoms in total. The number of carbonyl (C=O) groups excluding carboxylic acids is 2. The Kier molecular flexibility index (Phi) is 4.58. The van der Waals surface area contributed by atoms with Gasteiger partial charge in [0.1, 0.15) is 4.88 Å². The maximum atomic E-state index is 11.8. The number of carbonyl (C=O) groups is 2. The molecule has 1 aromatic heterocycles. The number of hydrogen-bond acceptors (Lipinski definition) is 5. The lowest BCUT2D eigenvalue weighted by molar-refractivity contribution is -0.150. The number of fused-ring (bicyclic) bond motifs is 1. The van der Waals surface area contributed by atoms with Crippen LogP contribution in [-0.2, 0) is 27.1 Å². The van der Waals surface area contributed by atoms with E-state index in [1.807, 2.05) is 6.07 Å². The number of ether oxygens (including phenoxy) is 2. The molecular weight excluding hydrogens is 264 g/mol. The molecule has 2 rings (SSSR count). The molecule has 19 heavy (non-hydrogen) atoms. The Balaban J connectivity index is 1.89. The molecule has 0 spiro atoms. The van der Waals surface area contributed by atoms with Crippen molar-refractivity contribution in [3.63, 3.8) is 0 Å². The fraction of sp³-hybridized carbons (Fsp3) is 0.571. The number of rotatable bonds is 4. The molecule has 5 heteroatoms. The molecule has 0 aromatic carbocycles. The van der Waals surface area contributed by atoms with Gasteiger partial charge in [-0.1, -0.05) is 0 Å². The maximum absolute atomic E-state index is 11.8. The highest BCUT2D eigenvalue weighted by Crippen LogP contribution is 2.29. The van der Waals surface area contributed by atoms with Gasteiger partial charge in [-0.3, -0.25) is 0 Å². The van der Waals surface area contributed by atoms with Crippen molar-refractivity contribution in [3.8, 4) is 0 Å². The average molecular weight is 282 g/mol. The Hall–Kier alpha value is -1.36. The van der Waals surface area contributed by atoms with Crippen LogP contribution in [0.25, 0.3) is 0 Å². The largest absolute Gasteiger partial charge is 0.460 e. The summed E-state index contributed by atoms with van der Waals surface area (Å²) in [5.74, 6) is -0.940. The summed E-state index contributed by atoms with van der Waals surface area (Å²) in [5.41, 5.74) is 1.26. The molecule has 0 amide bonds. The summed E-state index contributed by atoms with van der Waals surface area (Å²) in [4.78, 5) is 25.0. The smallest absolute Gasteiger partial charge is 0.348 e. The Morgan fingerprint density at radius 1 is 1.32 bits per heavy atom. The molecule has 0 bridgehead atoms. The molecule has 1 aromatic rings. The molecule has 1 aliphatic rings. The summed E-state index contributed by atoms with van der Waals surface area (Å²) < 4.78 is 9.87. The molecule has 0 atom stereocenters. The quantitative estimate of drug-likeness (QED) is 0.797. The van der Waals surface area contributed by atoms with Crippen LogP contribution in [0.5, 0.6) is 0 Å². The number of hydrogen-bond donors (Lipinski definition) is 0. The van der Waals surface area contributed by atoms with Crippen molar-refractivity contribution in [1.29, 1.82) is 0 Å². The van der Waals surface area contributed by atoms with Crippen LogP contribution >= 0.6 is 11.3 Å². The highest BCUT2D eigenvalue weighted by atomic mass is 32.1. The predicted molar refractivity (Wildman–Crippen MR) is 72.5 cm³/mol. The summed E-state index contributed by atoms with van der Waals surface area (Å²) in [6, 6.07) is 1.90. The normalized spacial score (nSPS) is 14.1. The molecule has 0 fully saturated rings.